The molecule has 1 saturated heterocycles. The molecule has 2 rings (SSSR count). The van der Waals surface area contributed by atoms with E-state index in [1.54, 1.807) is 11.7 Å². The number of aromatic nitrogens is 2. The molecule has 128 valence electrons. The summed E-state index contributed by atoms with van der Waals surface area (Å²) in [7, 11) is 1.75. The summed E-state index contributed by atoms with van der Waals surface area (Å²) in [5.74, 6) is -0.326. The van der Waals surface area contributed by atoms with E-state index < -0.39 is 0 Å². The average Bonchev–Trinajstić information content (AvgIpc) is 2.94. The first kappa shape index (κ1) is 17.7. The van der Waals surface area contributed by atoms with Crippen LogP contribution >= 0.6 is 11.6 Å². The lowest BCUT2D eigenvalue weighted by Crippen LogP contribution is -2.41. The summed E-state index contributed by atoms with van der Waals surface area (Å²) in [6.07, 6.45) is 2.00. The highest BCUT2D eigenvalue weighted by Gasteiger charge is 2.34. The summed E-state index contributed by atoms with van der Waals surface area (Å²) in [5.41, 5.74) is 6.27. The van der Waals surface area contributed by atoms with Crippen LogP contribution in [0.15, 0.2) is 0 Å². The highest BCUT2D eigenvalue weighted by atomic mass is 35.5. The van der Waals surface area contributed by atoms with Crippen molar-refractivity contribution >= 4 is 23.4 Å². The maximum Gasteiger partial charge on any atom is 0.273 e. The van der Waals surface area contributed by atoms with E-state index in [1.807, 2.05) is 11.8 Å². The van der Waals surface area contributed by atoms with Crippen LogP contribution in [0.1, 0.15) is 35.9 Å². The fourth-order valence-electron chi connectivity index (χ4n) is 3.10. The maximum absolute atomic E-state index is 12.5. The van der Waals surface area contributed by atoms with E-state index in [9.17, 15) is 9.59 Å². The van der Waals surface area contributed by atoms with Gasteiger partial charge in [-0.2, -0.15) is 5.10 Å². The van der Waals surface area contributed by atoms with Crippen molar-refractivity contribution in [1.82, 2.24) is 20.0 Å². The van der Waals surface area contributed by atoms with Crippen LogP contribution in [-0.4, -0.2) is 52.2 Å². The van der Waals surface area contributed by atoms with Gasteiger partial charge in [0, 0.05) is 26.2 Å². The van der Waals surface area contributed by atoms with Crippen molar-refractivity contribution in [3.05, 3.63) is 16.4 Å². The van der Waals surface area contributed by atoms with Gasteiger partial charge in [-0.05, 0) is 19.3 Å². The van der Waals surface area contributed by atoms with Crippen LogP contribution < -0.4 is 11.1 Å². The van der Waals surface area contributed by atoms with Crippen LogP contribution in [0.2, 0.25) is 5.02 Å². The van der Waals surface area contributed by atoms with E-state index in [0.717, 1.165) is 25.1 Å². The van der Waals surface area contributed by atoms with E-state index in [0.29, 0.717) is 17.5 Å². The van der Waals surface area contributed by atoms with Gasteiger partial charge in [0.1, 0.15) is 0 Å². The van der Waals surface area contributed by atoms with Crippen LogP contribution in [0.25, 0.3) is 0 Å². The number of nitrogens with one attached hydrogen (secondary N) is 1. The van der Waals surface area contributed by atoms with Crippen LogP contribution in [0, 0.1) is 12.8 Å². The molecular weight excluding hydrogens is 318 g/mol. The predicted octanol–water partition coefficient (Wildman–Crippen LogP) is 0.698. The number of likely N-dealkylation sites (tertiary alicyclic amines) is 1. The Bertz CT molecular complexity index is 601. The van der Waals surface area contributed by atoms with Gasteiger partial charge in [0.15, 0.2) is 5.69 Å². The quantitative estimate of drug-likeness (QED) is 0.796. The van der Waals surface area contributed by atoms with Crippen LogP contribution in [0.4, 0.5) is 0 Å². The van der Waals surface area contributed by atoms with E-state index >= 15 is 0 Å². The minimum Gasteiger partial charge on any atom is -0.369 e. The Morgan fingerprint density at radius 2 is 2.13 bits per heavy atom. The molecule has 0 aliphatic carbocycles. The zero-order chi connectivity index (χ0) is 17.1. The summed E-state index contributed by atoms with van der Waals surface area (Å²) in [6.45, 7) is 5.51. The molecule has 0 bridgehead atoms. The first-order valence-electron chi connectivity index (χ1n) is 7.84. The van der Waals surface area contributed by atoms with Gasteiger partial charge in [0.2, 0.25) is 5.91 Å². The predicted molar refractivity (Wildman–Crippen MR) is 88.2 cm³/mol. The molecule has 7 nitrogen and oxygen atoms in total. The molecule has 2 atom stereocenters. The topological polar surface area (TPSA) is 93.2 Å². The Labute approximate surface area is 141 Å². The molecular formula is C15H24ClN5O2. The molecule has 0 saturated carbocycles. The Balaban J connectivity index is 2.08. The summed E-state index contributed by atoms with van der Waals surface area (Å²) in [6, 6.07) is -0.0276. The van der Waals surface area contributed by atoms with Crippen molar-refractivity contribution in [2.24, 2.45) is 18.7 Å². The Morgan fingerprint density at radius 3 is 2.65 bits per heavy atom. The number of hydrogen-bond acceptors (Lipinski definition) is 4. The SMILES string of the molecule is CCC[C@@H]1CN(CC(N)=O)C[C@H]1NC(=O)c1nn(C)c(C)c1Cl. The molecule has 1 fully saturated rings. The Hall–Kier alpha value is -1.60. The van der Waals surface area contributed by atoms with E-state index in [-0.39, 0.29) is 30.1 Å². The molecule has 0 spiro atoms. The van der Waals surface area contributed by atoms with Gasteiger partial charge in [-0.1, -0.05) is 24.9 Å². The number of hydrogen-bond donors (Lipinski definition) is 2. The summed E-state index contributed by atoms with van der Waals surface area (Å²) in [4.78, 5) is 25.6. The largest absolute Gasteiger partial charge is 0.369 e. The van der Waals surface area contributed by atoms with Crippen molar-refractivity contribution in [2.75, 3.05) is 19.6 Å². The molecule has 2 heterocycles. The zero-order valence-corrected chi connectivity index (χ0v) is 14.6. The third-order valence-corrected chi connectivity index (χ3v) is 4.80. The molecule has 0 unspecified atom stereocenters. The van der Waals surface area contributed by atoms with Crippen molar-refractivity contribution in [2.45, 2.75) is 32.7 Å². The lowest BCUT2D eigenvalue weighted by Gasteiger charge is -2.18. The highest BCUT2D eigenvalue weighted by Crippen LogP contribution is 2.23. The minimum absolute atomic E-state index is 0.0276. The highest BCUT2D eigenvalue weighted by molar-refractivity contribution is 6.34. The summed E-state index contributed by atoms with van der Waals surface area (Å²) < 4.78 is 1.59. The van der Waals surface area contributed by atoms with Crippen molar-refractivity contribution in [1.29, 1.82) is 0 Å². The second-order valence-electron chi connectivity index (χ2n) is 6.16. The second kappa shape index (κ2) is 7.31. The van der Waals surface area contributed by atoms with Gasteiger partial charge in [0.05, 0.1) is 17.3 Å². The molecule has 1 aliphatic heterocycles. The molecule has 0 radical (unpaired) electrons. The van der Waals surface area contributed by atoms with E-state index in [1.165, 1.54) is 0 Å². The number of carbonyl (C=O) groups excluding carboxylic acids is 2. The standard InChI is InChI=1S/C15H24ClN5O2/c1-4-5-10-6-21(8-12(17)22)7-11(10)18-15(23)14-13(16)9(2)20(3)19-14/h10-11H,4-8H2,1-3H3,(H2,17,22)(H,18,23)/t10-,11-/m1/s1. The normalized spacial score (nSPS) is 21.6. The number of nitrogens with zero attached hydrogens (tertiary/aromatic N) is 3. The minimum atomic E-state index is -0.351. The number of aryl methyl sites for hydroxylation is 1. The zero-order valence-electron chi connectivity index (χ0n) is 13.8. The smallest absolute Gasteiger partial charge is 0.273 e. The molecule has 1 aliphatic rings. The first-order valence-corrected chi connectivity index (χ1v) is 8.21. The number of halogens is 1. The van der Waals surface area contributed by atoms with Gasteiger partial charge >= 0.3 is 0 Å². The Kier molecular flexibility index (Phi) is 5.64. The monoisotopic (exact) mass is 341 g/mol. The Morgan fingerprint density at radius 1 is 1.43 bits per heavy atom. The van der Waals surface area contributed by atoms with Gasteiger partial charge < -0.3 is 11.1 Å². The fourth-order valence-corrected chi connectivity index (χ4v) is 3.35. The fraction of sp³-hybridized carbons (Fsp3) is 0.667. The van der Waals surface area contributed by atoms with E-state index in [4.69, 9.17) is 17.3 Å². The first-order chi connectivity index (χ1) is 10.8. The molecule has 8 heteroatoms. The molecule has 2 amide bonds. The van der Waals surface area contributed by atoms with Crippen LogP contribution in [0.5, 0.6) is 0 Å². The van der Waals surface area contributed by atoms with Crippen molar-refractivity contribution in [3.8, 4) is 0 Å². The number of carbonyl (C=O) groups is 2. The molecule has 0 aromatic carbocycles. The number of primary amides is 1. The number of nitrogens with two attached hydrogens (primary N) is 1. The molecule has 23 heavy (non-hydrogen) atoms. The van der Waals surface area contributed by atoms with Crippen LogP contribution in [-0.2, 0) is 11.8 Å². The van der Waals surface area contributed by atoms with Crippen molar-refractivity contribution < 1.29 is 9.59 Å². The maximum atomic E-state index is 12.5. The summed E-state index contributed by atoms with van der Waals surface area (Å²) >= 11 is 6.17. The molecule has 1 aromatic heterocycles. The second-order valence-corrected chi connectivity index (χ2v) is 6.54. The summed E-state index contributed by atoms with van der Waals surface area (Å²) in [5, 5.41) is 7.58. The lowest BCUT2D eigenvalue weighted by atomic mass is 9.98. The molecule has 1 aromatic rings. The third kappa shape index (κ3) is 4.03. The third-order valence-electron chi connectivity index (χ3n) is 4.35. The van der Waals surface area contributed by atoms with Gasteiger partial charge in [0.25, 0.3) is 5.91 Å². The van der Waals surface area contributed by atoms with E-state index in [2.05, 4.69) is 17.3 Å². The van der Waals surface area contributed by atoms with Gasteiger partial charge in [-0.3, -0.25) is 19.2 Å². The van der Waals surface area contributed by atoms with Crippen LogP contribution in [0.3, 0.4) is 0 Å². The number of rotatable bonds is 6. The average molecular weight is 342 g/mol. The van der Waals surface area contributed by atoms with Crippen molar-refractivity contribution in [3.63, 3.8) is 0 Å². The van der Waals surface area contributed by atoms with Gasteiger partial charge in [-0.25, -0.2) is 0 Å². The number of amides is 2. The van der Waals surface area contributed by atoms with Gasteiger partial charge in [-0.15, -0.1) is 0 Å². The lowest BCUT2D eigenvalue weighted by molar-refractivity contribution is -0.118. The molecule has 3 N–H and O–H groups in total.